The van der Waals surface area contributed by atoms with E-state index in [1.54, 1.807) is 0 Å². The first-order chi connectivity index (χ1) is 18.2. The molecule has 0 heterocycles. The molecule has 1 aromatic rings. The van der Waals surface area contributed by atoms with Crippen molar-refractivity contribution in [1.29, 1.82) is 0 Å². The second-order valence-electron chi connectivity index (χ2n) is 13.8. The highest BCUT2D eigenvalue weighted by Crippen LogP contribution is 2.62. The highest BCUT2D eigenvalue weighted by molar-refractivity contribution is 5.75. The van der Waals surface area contributed by atoms with Gasteiger partial charge in [0.2, 0.25) is 5.91 Å². The number of hydrogen-bond donors (Lipinski definition) is 2. The maximum absolute atomic E-state index is 12.2. The minimum Gasteiger partial charge on any atom is -0.508 e. The molecule has 0 saturated heterocycles. The minimum absolute atomic E-state index is 0.0995. The number of aliphatic hydroxyl groups is 1. The van der Waals surface area contributed by atoms with Crippen LogP contribution in [0, 0.1) is 29.1 Å². The van der Waals surface area contributed by atoms with Crippen LogP contribution in [0.15, 0.2) is 18.2 Å². The van der Waals surface area contributed by atoms with E-state index in [1.807, 2.05) is 24.1 Å². The lowest BCUT2D eigenvalue weighted by atomic mass is 9.52. The van der Waals surface area contributed by atoms with Gasteiger partial charge in [0.05, 0.1) is 6.10 Å². The van der Waals surface area contributed by atoms with Gasteiger partial charge in [0.15, 0.2) is 0 Å². The van der Waals surface area contributed by atoms with E-state index in [0.29, 0.717) is 47.7 Å². The standard InChI is InChI=1S/C34H55NO3/c1-24(2)23-35(4)32(38)14-12-10-8-6-5-7-9-11-13-25-21-26-22-27(36)15-16-28(26)29-19-20-34(3)30(33(25)29)17-18-31(34)37/h15-16,22,24-25,29-31,33,36-37H,5-14,17-21,23H2,1-4H3/t25-,29?,30?,31+,33?,34+/m1/s1. The van der Waals surface area contributed by atoms with Crippen LogP contribution in [-0.4, -0.2) is 40.7 Å². The van der Waals surface area contributed by atoms with Crippen LogP contribution in [0.3, 0.4) is 0 Å². The Morgan fingerprint density at radius 1 is 1.03 bits per heavy atom. The fourth-order valence-corrected chi connectivity index (χ4v) is 8.61. The van der Waals surface area contributed by atoms with Gasteiger partial charge >= 0.3 is 0 Å². The zero-order valence-electron chi connectivity index (χ0n) is 24.8. The third-order valence-electron chi connectivity index (χ3n) is 10.6. The van der Waals surface area contributed by atoms with Gasteiger partial charge in [-0.3, -0.25) is 4.79 Å². The second-order valence-corrected chi connectivity index (χ2v) is 13.8. The maximum atomic E-state index is 12.2. The monoisotopic (exact) mass is 525 g/mol. The zero-order valence-corrected chi connectivity index (χ0v) is 24.8. The van der Waals surface area contributed by atoms with Crippen molar-refractivity contribution in [3.05, 3.63) is 29.3 Å². The molecule has 0 aromatic heterocycles. The molecule has 2 saturated carbocycles. The van der Waals surface area contributed by atoms with Crippen LogP contribution < -0.4 is 0 Å². The quantitative estimate of drug-likeness (QED) is 0.258. The summed E-state index contributed by atoms with van der Waals surface area (Å²) in [5, 5.41) is 21.1. The lowest BCUT2D eigenvalue weighted by molar-refractivity contribution is -0.130. The van der Waals surface area contributed by atoms with Crippen molar-refractivity contribution < 1.29 is 15.0 Å². The summed E-state index contributed by atoms with van der Waals surface area (Å²) < 4.78 is 0. The first-order valence-electron chi connectivity index (χ1n) is 15.9. The summed E-state index contributed by atoms with van der Waals surface area (Å²) in [4.78, 5) is 14.1. The Hall–Kier alpha value is -1.55. The number of carbonyl (C=O) groups is 1. The van der Waals surface area contributed by atoms with Gasteiger partial charge in [0, 0.05) is 20.0 Å². The van der Waals surface area contributed by atoms with E-state index in [9.17, 15) is 15.0 Å². The molecule has 4 rings (SSSR count). The molecule has 2 N–H and O–H groups in total. The molecule has 4 heteroatoms. The molecule has 3 aliphatic carbocycles. The van der Waals surface area contributed by atoms with Gasteiger partial charge in [-0.15, -0.1) is 0 Å². The number of amides is 1. The minimum atomic E-state index is -0.130. The predicted molar refractivity (Wildman–Crippen MR) is 156 cm³/mol. The molecule has 38 heavy (non-hydrogen) atoms. The van der Waals surface area contributed by atoms with E-state index < -0.39 is 0 Å². The molecule has 3 unspecified atom stereocenters. The highest BCUT2D eigenvalue weighted by Gasteiger charge is 2.56. The van der Waals surface area contributed by atoms with Gasteiger partial charge < -0.3 is 15.1 Å². The Balaban J connectivity index is 1.19. The van der Waals surface area contributed by atoms with E-state index in [0.717, 1.165) is 32.2 Å². The van der Waals surface area contributed by atoms with E-state index in [-0.39, 0.29) is 11.5 Å². The molecule has 1 amide bonds. The van der Waals surface area contributed by atoms with Gasteiger partial charge in [0.25, 0.3) is 0 Å². The number of phenolic OH excluding ortho intramolecular Hbond substituents is 1. The molecule has 2 fully saturated rings. The summed E-state index contributed by atoms with van der Waals surface area (Å²) >= 11 is 0. The van der Waals surface area contributed by atoms with Crippen LogP contribution >= 0.6 is 0 Å². The van der Waals surface area contributed by atoms with Gasteiger partial charge in [-0.2, -0.15) is 0 Å². The Labute approximate surface area is 232 Å². The number of phenols is 1. The second kappa shape index (κ2) is 13.2. The van der Waals surface area contributed by atoms with E-state index in [4.69, 9.17) is 0 Å². The van der Waals surface area contributed by atoms with Crippen molar-refractivity contribution in [2.75, 3.05) is 13.6 Å². The number of benzene rings is 1. The lowest BCUT2D eigenvalue weighted by Crippen LogP contribution is -2.47. The van der Waals surface area contributed by atoms with E-state index in [1.165, 1.54) is 75.3 Å². The summed E-state index contributed by atoms with van der Waals surface area (Å²) in [5.74, 6) is 3.84. The number of fused-ring (bicyclic) bond motifs is 5. The predicted octanol–water partition coefficient (Wildman–Crippen LogP) is 7.85. The third-order valence-corrected chi connectivity index (χ3v) is 10.6. The van der Waals surface area contributed by atoms with Crippen LogP contribution in [0.5, 0.6) is 5.75 Å². The van der Waals surface area contributed by atoms with Crippen molar-refractivity contribution in [3.63, 3.8) is 0 Å². The van der Waals surface area contributed by atoms with Gasteiger partial charge in [0.1, 0.15) is 5.75 Å². The van der Waals surface area contributed by atoms with Crippen molar-refractivity contribution in [1.82, 2.24) is 4.90 Å². The average Bonchev–Trinajstić information content (AvgIpc) is 3.18. The molecule has 0 spiro atoms. The van der Waals surface area contributed by atoms with Crippen LogP contribution in [0.2, 0.25) is 0 Å². The molecule has 0 aliphatic heterocycles. The summed E-state index contributed by atoms with van der Waals surface area (Å²) in [6.45, 7) is 7.55. The Kier molecular flexibility index (Phi) is 10.2. The van der Waals surface area contributed by atoms with Crippen LogP contribution in [0.25, 0.3) is 0 Å². The van der Waals surface area contributed by atoms with Crippen molar-refractivity contribution in [3.8, 4) is 5.75 Å². The van der Waals surface area contributed by atoms with Crippen LogP contribution in [0.4, 0.5) is 0 Å². The van der Waals surface area contributed by atoms with Crippen molar-refractivity contribution >= 4 is 5.91 Å². The number of unbranched alkanes of at least 4 members (excludes halogenated alkanes) is 7. The first kappa shape index (κ1) is 29.4. The molecule has 6 atom stereocenters. The number of carbonyl (C=O) groups excluding carboxylic acids is 1. The van der Waals surface area contributed by atoms with Gasteiger partial charge in [-0.1, -0.05) is 71.8 Å². The number of nitrogens with zero attached hydrogens (tertiary/aromatic N) is 1. The lowest BCUT2D eigenvalue weighted by Gasteiger charge is -2.53. The zero-order chi connectivity index (χ0) is 27.3. The number of aromatic hydroxyl groups is 1. The number of hydrogen-bond acceptors (Lipinski definition) is 3. The van der Waals surface area contributed by atoms with E-state index in [2.05, 4.69) is 26.8 Å². The molecule has 4 nitrogen and oxygen atoms in total. The fourth-order valence-electron chi connectivity index (χ4n) is 8.61. The molecule has 214 valence electrons. The van der Waals surface area contributed by atoms with E-state index >= 15 is 0 Å². The normalized spacial score (nSPS) is 30.1. The smallest absolute Gasteiger partial charge is 0.222 e. The summed E-state index contributed by atoms with van der Waals surface area (Å²) in [7, 11) is 1.93. The first-order valence-corrected chi connectivity index (χ1v) is 15.9. The fraction of sp³-hybridized carbons (Fsp3) is 0.794. The average molecular weight is 526 g/mol. The largest absolute Gasteiger partial charge is 0.508 e. The molecule has 0 radical (unpaired) electrons. The molecule has 0 bridgehead atoms. The third kappa shape index (κ3) is 6.77. The Bertz CT molecular complexity index is 913. The Morgan fingerprint density at radius 3 is 2.42 bits per heavy atom. The van der Waals surface area contributed by atoms with Crippen LogP contribution in [0.1, 0.15) is 128 Å². The molecular formula is C34H55NO3. The topological polar surface area (TPSA) is 60.8 Å². The Morgan fingerprint density at radius 2 is 1.71 bits per heavy atom. The summed E-state index contributed by atoms with van der Waals surface area (Å²) in [5.41, 5.74) is 2.97. The van der Waals surface area contributed by atoms with Crippen LogP contribution in [-0.2, 0) is 11.2 Å². The maximum Gasteiger partial charge on any atom is 0.222 e. The van der Waals surface area contributed by atoms with Gasteiger partial charge in [-0.05, 0) is 103 Å². The highest BCUT2D eigenvalue weighted by atomic mass is 16.3. The molecule has 3 aliphatic rings. The number of aliphatic hydroxyl groups excluding tert-OH is 1. The summed E-state index contributed by atoms with van der Waals surface area (Å²) in [6.07, 6.45) is 17.4. The molecular weight excluding hydrogens is 470 g/mol. The van der Waals surface area contributed by atoms with Crippen molar-refractivity contribution in [2.24, 2.45) is 29.1 Å². The van der Waals surface area contributed by atoms with Crippen molar-refractivity contribution in [2.45, 2.75) is 129 Å². The van der Waals surface area contributed by atoms with Gasteiger partial charge in [-0.25, -0.2) is 0 Å². The summed E-state index contributed by atoms with van der Waals surface area (Å²) in [6, 6.07) is 6.12. The number of rotatable bonds is 13. The molecule has 1 aromatic carbocycles. The SMILES string of the molecule is CC(C)CN(C)C(=O)CCCCCCCCCC[C@@H]1Cc2cc(O)ccc2C2CC[C@@]3(C)C(CC[C@@H]3O)C21.